The first-order chi connectivity index (χ1) is 7.61. The van der Waals surface area contributed by atoms with Crippen molar-refractivity contribution in [2.45, 2.75) is 32.9 Å². The maximum Gasteiger partial charge on any atom is 0.147 e. The third-order valence-corrected chi connectivity index (χ3v) is 3.40. The lowest BCUT2D eigenvalue weighted by Gasteiger charge is -2.23. The Hall–Kier alpha value is -0.800. The quantitative estimate of drug-likeness (QED) is 0.863. The van der Waals surface area contributed by atoms with Crippen LogP contribution >= 0.6 is 11.6 Å². The zero-order valence-corrected chi connectivity index (χ0v) is 10.4. The average molecular weight is 241 g/mol. The number of anilines is 1. The van der Waals surface area contributed by atoms with Gasteiger partial charge in [0.15, 0.2) is 0 Å². The molecule has 4 heteroatoms. The van der Waals surface area contributed by atoms with Gasteiger partial charge in [-0.25, -0.2) is 4.98 Å². The molecule has 1 aliphatic heterocycles. The lowest BCUT2D eigenvalue weighted by atomic mass is 10.1. The maximum atomic E-state index is 9.00. The molecule has 2 rings (SSSR count). The minimum Gasteiger partial charge on any atom is -0.392 e. The fourth-order valence-corrected chi connectivity index (χ4v) is 2.66. The summed E-state index contributed by atoms with van der Waals surface area (Å²) >= 11 is 6.19. The monoisotopic (exact) mass is 240 g/mol. The third-order valence-electron chi connectivity index (χ3n) is 3.12. The predicted molar refractivity (Wildman–Crippen MR) is 65.8 cm³/mol. The Bertz CT molecular complexity index is 383. The van der Waals surface area contributed by atoms with Crippen molar-refractivity contribution < 1.29 is 5.11 Å². The van der Waals surface area contributed by atoms with E-state index >= 15 is 0 Å². The Morgan fingerprint density at radius 1 is 1.56 bits per heavy atom. The molecule has 0 saturated carbocycles. The van der Waals surface area contributed by atoms with Crippen molar-refractivity contribution in [3.05, 3.63) is 22.8 Å². The molecule has 1 aromatic rings. The van der Waals surface area contributed by atoms with Crippen molar-refractivity contribution in [3.63, 3.8) is 0 Å². The van der Waals surface area contributed by atoms with Crippen molar-refractivity contribution in [1.82, 2.24) is 4.98 Å². The van der Waals surface area contributed by atoms with E-state index in [2.05, 4.69) is 23.7 Å². The molecular weight excluding hydrogens is 224 g/mol. The number of hydrogen-bond donors (Lipinski definition) is 1. The van der Waals surface area contributed by atoms with E-state index in [0.29, 0.717) is 17.0 Å². The van der Waals surface area contributed by atoms with Crippen LogP contribution in [-0.4, -0.2) is 22.7 Å². The fourth-order valence-electron chi connectivity index (χ4n) is 2.36. The van der Waals surface area contributed by atoms with Crippen LogP contribution in [0.2, 0.25) is 5.02 Å². The van der Waals surface area contributed by atoms with Gasteiger partial charge < -0.3 is 10.0 Å². The van der Waals surface area contributed by atoms with Gasteiger partial charge in [-0.1, -0.05) is 18.5 Å². The second-order valence-electron chi connectivity index (χ2n) is 4.65. The van der Waals surface area contributed by atoms with Crippen LogP contribution in [0.1, 0.15) is 25.8 Å². The summed E-state index contributed by atoms with van der Waals surface area (Å²) in [7, 11) is 0. The van der Waals surface area contributed by atoms with E-state index < -0.39 is 0 Å². The van der Waals surface area contributed by atoms with Crippen LogP contribution in [0.4, 0.5) is 5.82 Å². The number of rotatable bonds is 2. The molecular formula is C12H17ClN2O. The van der Waals surface area contributed by atoms with Crippen molar-refractivity contribution in [2.24, 2.45) is 5.92 Å². The van der Waals surface area contributed by atoms with Crippen LogP contribution in [0, 0.1) is 5.92 Å². The van der Waals surface area contributed by atoms with Gasteiger partial charge in [-0.15, -0.1) is 0 Å². The summed E-state index contributed by atoms with van der Waals surface area (Å²) in [6.07, 6.45) is 2.87. The molecule has 88 valence electrons. The lowest BCUT2D eigenvalue weighted by Crippen LogP contribution is -2.27. The van der Waals surface area contributed by atoms with Gasteiger partial charge in [0.25, 0.3) is 0 Å². The van der Waals surface area contributed by atoms with Crippen LogP contribution in [0.25, 0.3) is 0 Å². The summed E-state index contributed by atoms with van der Waals surface area (Å²) in [5.41, 5.74) is 0.758. The molecule has 2 unspecified atom stereocenters. The largest absolute Gasteiger partial charge is 0.392 e. The van der Waals surface area contributed by atoms with Crippen molar-refractivity contribution in [3.8, 4) is 0 Å². The minimum atomic E-state index is -0.0149. The summed E-state index contributed by atoms with van der Waals surface area (Å²) < 4.78 is 0. The number of halogens is 1. The highest BCUT2D eigenvalue weighted by Gasteiger charge is 2.28. The van der Waals surface area contributed by atoms with E-state index in [0.717, 1.165) is 17.9 Å². The summed E-state index contributed by atoms with van der Waals surface area (Å²) in [5.74, 6) is 1.53. The van der Waals surface area contributed by atoms with Gasteiger partial charge in [0.2, 0.25) is 0 Å². The van der Waals surface area contributed by atoms with Crippen LogP contribution in [0.3, 0.4) is 0 Å². The fraction of sp³-hybridized carbons (Fsp3) is 0.583. The van der Waals surface area contributed by atoms with Gasteiger partial charge >= 0.3 is 0 Å². The molecule has 0 radical (unpaired) electrons. The van der Waals surface area contributed by atoms with Crippen molar-refractivity contribution in [1.29, 1.82) is 0 Å². The minimum absolute atomic E-state index is 0.0149. The predicted octanol–water partition coefficient (Wildman–Crippen LogP) is 2.46. The smallest absolute Gasteiger partial charge is 0.147 e. The Morgan fingerprint density at radius 3 is 2.81 bits per heavy atom. The van der Waals surface area contributed by atoms with Gasteiger partial charge in [0, 0.05) is 18.8 Å². The van der Waals surface area contributed by atoms with E-state index in [9.17, 15) is 0 Å². The molecule has 2 heterocycles. The van der Waals surface area contributed by atoms with Crippen LogP contribution in [0.5, 0.6) is 0 Å². The second kappa shape index (κ2) is 4.60. The van der Waals surface area contributed by atoms with Crippen molar-refractivity contribution in [2.75, 3.05) is 11.4 Å². The Balaban J connectivity index is 2.27. The standard InChI is InChI=1S/C12H17ClN2O/c1-8-3-9(2)15(6-8)12-11(13)4-10(7-16)5-14-12/h4-5,8-9,16H,3,6-7H2,1-2H3. The molecule has 3 nitrogen and oxygen atoms in total. The first kappa shape index (κ1) is 11.7. The molecule has 0 bridgehead atoms. The molecule has 0 amide bonds. The summed E-state index contributed by atoms with van der Waals surface area (Å²) in [4.78, 5) is 6.59. The zero-order chi connectivity index (χ0) is 11.7. The summed E-state index contributed by atoms with van der Waals surface area (Å²) in [6, 6.07) is 2.28. The normalized spacial score (nSPS) is 25.1. The summed E-state index contributed by atoms with van der Waals surface area (Å²) in [5, 5.41) is 9.63. The third kappa shape index (κ3) is 2.15. The van der Waals surface area contributed by atoms with Crippen LogP contribution in [-0.2, 0) is 6.61 Å². The number of aliphatic hydroxyl groups is 1. The Kier molecular flexibility index (Phi) is 3.36. The average Bonchev–Trinajstić information content (AvgIpc) is 2.57. The molecule has 1 fully saturated rings. The number of aromatic nitrogens is 1. The highest BCUT2D eigenvalue weighted by molar-refractivity contribution is 6.33. The van der Waals surface area contributed by atoms with Gasteiger partial charge in [0.05, 0.1) is 11.6 Å². The van der Waals surface area contributed by atoms with Gasteiger partial charge in [-0.3, -0.25) is 0 Å². The van der Waals surface area contributed by atoms with E-state index in [1.165, 1.54) is 6.42 Å². The van der Waals surface area contributed by atoms with E-state index in [1.807, 2.05) is 0 Å². The second-order valence-corrected chi connectivity index (χ2v) is 5.06. The number of aliphatic hydroxyl groups excluding tert-OH is 1. The first-order valence-corrected chi connectivity index (χ1v) is 6.01. The first-order valence-electron chi connectivity index (χ1n) is 5.63. The molecule has 0 spiro atoms. The molecule has 0 aromatic carbocycles. The lowest BCUT2D eigenvalue weighted by molar-refractivity contribution is 0.281. The summed E-state index contributed by atoms with van der Waals surface area (Å²) in [6.45, 7) is 5.43. The van der Waals surface area contributed by atoms with E-state index in [1.54, 1.807) is 12.3 Å². The van der Waals surface area contributed by atoms with E-state index in [4.69, 9.17) is 16.7 Å². The van der Waals surface area contributed by atoms with Crippen LogP contribution < -0.4 is 4.90 Å². The van der Waals surface area contributed by atoms with E-state index in [-0.39, 0.29) is 6.61 Å². The number of hydrogen-bond acceptors (Lipinski definition) is 3. The van der Waals surface area contributed by atoms with Gasteiger partial charge in [-0.2, -0.15) is 0 Å². The highest BCUT2D eigenvalue weighted by atomic mass is 35.5. The van der Waals surface area contributed by atoms with Gasteiger partial charge in [0.1, 0.15) is 5.82 Å². The molecule has 16 heavy (non-hydrogen) atoms. The highest BCUT2D eigenvalue weighted by Crippen LogP contribution is 2.32. The molecule has 1 aliphatic rings. The number of pyridine rings is 1. The topological polar surface area (TPSA) is 36.4 Å². The molecule has 1 N–H and O–H groups in total. The number of nitrogens with zero attached hydrogens (tertiary/aromatic N) is 2. The van der Waals surface area contributed by atoms with Crippen LogP contribution in [0.15, 0.2) is 12.3 Å². The van der Waals surface area contributed by atoms with Crippen molar-refractivity contribution >= 4 is 17.4 Å². The Morgan fingerprint density at radius 2 is 2.31 bits per heavy atom. The Labute approximate surface area is 101 Å². The molecule has 1 aromatic heterocycles. The molecule has 1 saturated heterocycles. The SMILES string of the molecule is CC1CC(C)N(c2ncc(CO)cc2Cl)C1. The maximum absolute atomic E-state index is 9.00. The molecule has 2 atom stereocenters. The molecule has 0 aliphatic carbocycles. The zero-order valence-electron chi connectivity index (χ0n) is 9.65. The van der Waals surface area contributed by atoms with Gasteiger partial charge in [-0.05, 0) is 30.9 Å².